The second-order valence-electron chi connectivity index (χ2n) is 7.59. The fourth-order valence-electron chi connectivity index (χ4n) is 4.83. The van der Waals surface area contributed by atoms with Crippen LogP contribution in [0.25, 0.3) is 0 Å². The first-order chi connectivity index (χ1) is 13.7. The normalized spacial score (nSPS) is 20.4. The molecule has 1 aromatic carbocycles. The first kappa shape index (κ1) is 18.7. The number of rotatable bonds is 6. The topological polar surface area (TPSA) is 71.8 Å². The molecule has 28 heavy (non-hydrogen) atoms. The minimum Gasteiger partial charge on any atom is -0.467 e. The van der Waals surface area contributed by atoms with E-state index < -0.39 is 11.5 Å². The molecule has 2 amide bonds. The Hall–Kier alpha value is -2.60. The van der Waals surface area contributed by atoms with Crippen LogP contribution in [0.3, 0.4) is 0 Å². The largest absolute Gasteiger partial charge is 0.467 e. The zero-order chi connectivity index (χ0) is 19.6. The van der Waals surface area contributed by atoms with Crippen molar-refractivity contribution in [2.75, 3.05) is 20.3 Å². The number of nitrogens with zero attached hydrogens (tertiary/aromatic N) is 1. The average molecular weight is 382 g/mol. The number of hydrogen-bond donors (Lipinski definition) is 1. The van der Waals surface area contributed by atoms with E-state index in [2.05, 4.69) is 5.32 Å². The van der Waals surface area contributed by atoms with Gasteiger partial charge in [-0.05, 0) is 36.6 Å². The number of fused-ring (bicyclic) bond motifs is 1. The van der Waals surface area contributed by atoms with Crippen LogP contribution in [0, 0.1) is 0 Å². The molecule has 2 aliphatic rings. The Bertz CT molecular complexity index is 840. The lowest BCUT2D eigenvalue weighted by molar-refractivity contribution is -0.126. The highest BCUT2D eigenvalue weighted by atomic mass is 16.5. The van der Waals surface area contributed by atoms with Gasteiger partial charge in [0.15, 0.2) is 0 Å². The summed E-state index contributed by atoms with van der Waals surface area (Å²) in [6, 6.07) is 11.2. The van der Waals surface area contributed by atoms with Gasteiger partial charge in [-0.2, -0.15) is 0 Å². The van der Waals surface area contributed by atoms with Crippen molar-refractivity contribution in [3.63, 3.8) is 0 Å². The molecule has 1 unspecified atom stereocenters. The number of methoxy groups -OCH3 is 1. The zero-order valence-electron chi connectivity index (χ0n) is 16.1. The van der Waals surface area contributed by atoms with Crippen LogP contribution in [0.2, 0.25) is 0 Å². The molecule has 1 fully saturated rings. The Labute approximate surface area is 164 Å². The van der Waals surface area contributed by atoms with Gasteiger partial charge < -0.3 is 19.4 Å². The van der Waals surface area contributed by atoms with Crippen molar-refractivity contribution in [1.29, 1.82) is 0 Å². The van der Waals surface area contributed by atoms with Crippen molar-refractivity contribution in [2.24, 2.45) is 0 Å². The molecule has 1 N–H and O–H groups in total. The molecule has 0 radical (unpaired) electrons. The monoisotopic (exact) mass is 382 g/mol. The van der Waals surface area contributed by atoms with Gasteiger partial charge in [-0.3, -0.25) is 9.59 Å². The summed E-state index contributed by atoms with van der Waals surface area (Å²) < 4.78 is 10.6. The Kier molecular flexibility index (Phi) is 5.22. The van der Waals surface area contributed by atoms with Crippen molar-refractivity contribution in [2.45, 2.75) is 43.7 Å². The zero-order valence-corrected chi connectivity index (χ0v) is 16.1. The second kappa shape index (κ2) is 7.80. The van der Waals surface area contributed by atoms with Crippen LogP contribution in [0.5, 0.6) is 0 Å². The van der Waals surface area contributed by atoms with Crippen LogP contribution in [-0.2, 0) is 16.1 Å². The molecule has 1 spiro atoms. The Morgan fingerprint density at radius 1 is 1.25 bits per heavy atom. The van der Waals surface area contributed by atoms with Crippen LogP contribution >= 0.6 is 0 Å². The van der Waals surface area contributed by atoms with E-state index in [1.807, 2.05) is 41.3 Å². The van der Waals surface area contributed by atoms with Gasteiger partial charge in [0.05, 0.1) is 30.9 Å². The summed E-state index contributed by atoms with van der Waals surface area (Å²) in [5.41, 5.74) is 0.925. The van der Waals surface area contributed by atoms with E-state index in [0.29, 0.717) is 25.3 Å². The number of carbonyl (C=O) groups excluding carboxylic acids is 2. The highest BCUT2D eigenvalue weighted by Gasteiger charge is 2.55. The summed E-state index contributed by atoms with van der Waals surface area (Å²) in [6.07, 6.45) is 5.26. The summed E-state index contributed by atoms with van der Waals surface area (Å²) in [5.74, 6) is 0.284. The lowest BCUT2D eigenvalue weighted by atomic mass is 9.71. The summed E-state index contributed by atoms with van der Waals surface area (Å²) in [7, 11) is 1.62. The molecule has 1 aliphatic carbocycles. The van der Waals surface area contributed by atoms with Gasteiger partial charge in [0.25, 0.3) is 5.91 Å². The molecule has 1 aromatic heterocycles. The third kappa shape index (κ3) is 3.11. The fourth-order valence-corrected chi connectivity index (χ4v) is 4.83. The number of amides is 2. The summed E-state index contributed by atoms with van der Waals surface area (Å²) in [4.78, 5) is 28.7. The van der Waals surface area contributed by atoms with Gasteiger partial charge in [0.1, 0.15) is 5.76 Å². The van der Waals surface area contributed by atoms with E-state index in [4.69, 9.17) is 9.15 Å². The van der Waals surface area contributed by atoms with E-state index >= 15 is 0 Å². The number of carbonyl (C=O) groups is 2. The standard InChI is InChI=1S/C22H26N2O4/c1-27-14-12-23-20(25)19-17-8-2-3-9-18(17)21(26)24(15-16-7-6-13-28-16)22(19)10-4-5-11-22/h2-3,6-9,13,19H,4-5,10-12,14-15H2,1H3,(H,23,25). The lowest BCUT2D eigenvalue weighted by Crippen LogP contribution is -2.60. The highest BCUT2D eigenvalue weighted by Crippen LogP contribution is 2.50. The van der Waals surface area contributed by atoms with E-state index in [1.165, 1.54) is 0 Å². The van der Waals surface area contributed by atoms with E-state index in [-0.39, 0.29) is 11.8 Å². The maximum absolute atomic E-state index is 13.5. The Balaban J connectivity index is 1.78. The number of nitrogens with one attached hydrogen (secondary N) is 1. The van der Waals surface area contributed by atoms with E-state index in [0.717, 1.165) is 37.0 Å². The van der Waals surface area contributed by atoms with Crippen LogP contribution in [-0.4, -0.2) is 42.5 Å². The minimum absolute atomic E-state index is 0.0187. The predicted molar refractivity (Wildman–Crippen MR) is 104 cm³/mol. The first-order valence-corrected chi connectivity index (χ1v) is 9.87. The van der Waals surface area contributed by atoms with E-state index in [1.54, 1.807) is 13.4 Å². The van der Waals surface area contributed by atoms with Crippen LogP contribution in [0.4, 0.5) is 0 Å². The van der Waals surface area contributed by atoms with Gasteiger partial charge >= 0.3 is 0 Å². The van der Waals surface area contributed by atoms with Crippen molar-refractivity contribution in [3.05, 3.63) is 59.5 Å². The fraction of sp³-hybridized carbons (Fsp3) is 0.455. The Morgan fingerprint density at radius 3 is 2.75 bits per heavy atom. The smallest absolute Gasteiger partial charge is 0.255 e. The maximum atomic E-state index is 13.5. The van der Waals surface area contributed by atoms with Crippen molar-refractivity contribution < 1.29 is 18.7 Å². The number of ether oxygens (including phenoxy) is 1. The van der Waals surface area contributed by atoms with Gasteiger partial charge in [0.2, 0.25) is 5.91 Å². The molecule has 0 saturated heterocycles. The second-order valence-corrected chi connectivity index (χ2v) is 7.59. The maximum Gasteiger partial charge on any atom is 0.255 e. The molecule has 2 heterocycles. The summed E-state index contributed by atoms with van der Waals surface area (Å²) in [6.45, 7) is 1.29. The van der Waals surface area contributed by atoms with Gasteiger partial charge in [-0.1, -0.05) is 31.0 Å². The molecular formula is C22H26N2O4. The Morgan fingerprint density at radius 2 is 2.04 bits per heavy atom. The molecule has 6 heteroatoms. The summed E-state index contributed by atoms with van der Waals surface area (Å²) >= 11 is 0. The third-order valence-electron chi connectivity index (χ3n) is 6.05. The van der Waals surface area contributed by atoms with Crippen LogP contribution < -0.4 is 5.32 Å². The van der Waals surface area contributed by atoms with Crippen LogP contribution in [0.1, 0.15) is 53.3 Å². The lowest BCUT2D eigenvalue weighted by Gasteiger charge is -2.49. The predicted octanol–water partition coefficient (Wildman–Crippen LogP) is 3.09. The van der Waals surface area contributed by atoms with Crippen molar-refractivity contribution in [3.8, 4) is 0 Å². The minimum atomic E-state index is -0.518. The number of benzene rings is 1. The molecule has 2 aromatic rings. The molecule has 0 bridgehead atoms. The van der Waals surface area contributed by atoms with Gasteiger partial charge in [0, 0.05) is 19.2 Å². The van der Waals surface area contributed by atoms with Crippen molar-refractivity contribution in [1.82, 2.24) is 10.2 Å². The summed E-state index contributed by atoms with van der Waals surface area (Å²) in [5, 5.41) is 3.01. The van der Waals surface area contributed by atoms with Crippen molar-refractivity contribution >= 4 is 11.8 Å². The number of furan rings is 1. The average Bonchev–Trinajstić information content (AvgIpc) is 3.38. The molecule has 1 aliphatic heterocycles. The molecule has 1 atom stereocenters. The highest BCUT2D eigenvalue weighted by molar-refractivity contribution is 6.02. The van der Waals surface area contributed by atoms with Crippen LogP contribution in [0.15, 0.2) is 47.1 Å². The molecule has 4 rings (SSSR count). The molecule has 148 valence electrons. The SMILES string of the molecule is COCCNC(=O)C1c2ccccc2C(=O)N(Cc2ccco2)C12CCCC2. The third-order valence-corrected chi connectivity index (χ3v) is 6.05. The first-order valence-electron chi connectivity index (χ1n) is 9.87. The quantitative estimate of drug-likeness (QED) is 0.780. The van der Waals surface area contributed by atoms with E-state index in [9.17, 15) is 9.59 Å². The van der Waals surface area contributed by atoms with Gasteiger partial charge in [-0.15, -0.1) is 0 Å². The molecule has 6 nitrogen and oxygen atoms in total. The molecular weight excluding hydrogens is 356 g/mol. The number of hydrogen-bond acceptors (Lipinski definition) is 4. The van der Waals surface area contributed by atoms with Gasteiger partial charge in [-0.25, -0.2) is 0 Å². The molecule has 1 saturated carbocycles.